The van der Waals surface area contributed by atoms with Crippen molar-refractivity contribution < 1.29 is 0 Å². The van der Waals surface area contributed by atoms with Gasteiger partial charge in [0.15, 0.2) is 0 Å². The Labute approximate surface area is 115 Å². The van der Waals surface area contributed by atoms with Gasteiger partial charge in [-0.15, -0.1) is 0 Å². The molecule has 2 aromatic rings. The lowest BCUT2D eigenvalue weighted by Gasteiger charge is -2.07. The molecule has 90 valence electrons. The van der Waals surface area contributed by atoms with Crippen molar-refractivity contribution in [2.75, 3.05) is 0 Å². The van der Waals surface area contributed by atoms with Crippen molar-refractivity contribution in [2.24, 2.45) is 0 Å². The molecule has 2 rings (SSSR count). The molecule has 0 fully saturated rings. The van der Waals surface area contributed by atoms with Crippen molar-refractivity contribution >= 4 is 34.5 Å². The summed E-state index contributed by atoms with van der Waals surface area (Å²) in [6.07, 6.45) is 0. The van der Waals surface area contributed by atoms with Gasteiger partial charge in [0.2, 0.25) is 0 Å². The lowest BCUT2D eigenvalue weighted by atomic mass is 10.2. The molecule has 0 saturated heterocycles. The van der Waals surface area contributed by atoms with E-state index in [4.69, 9.17) is 23.2 Å². The van der Waals surface area contributed by atoms with Crippen LogP contribution in [-0.2, 0) is 13.1 Å². The van der Waals surface area contributed by atoms with Crippen LogP contribution in [0.15, 0.2) is 29.0 Å². The Balaban J connectivity index is 1.95. The van der Waals surface area contributed by atoms with Gasteiger partial charge in [-0.25, -0.2) is 0 Å². The Bertz CT molecular complexity index is 508. The minimum Gasteiger partial charge on any atom is -0.309 e. The third-order valence-corrected chi connectivity index (χ3v) is 4.39. The number of thiophene rings is 1. The average Bonchev–Trinajstić information content (AvgIpc) is 2.71. The molecule has 1 nitrogen and oxygen atoms in total. The fourth-order valence-electron chi connectivity index (χ4n) is 1.58. The highest BCUT2D eigenvalue weighted by molar-refractivity contribution is 7.08. The number of nitrogens with one attached hydrogen (secondary N) is 1. The van der Waals surface area contributed by atoms with Gasteiger partial charge in [0.05, 0.1) is 10.0 Å². The first-order chi connectivity index (χ1) is 8.18. The predicted molar refractivity (Wildman–Crippen MR) is 76.1 cm³/mol. The molecule has 0 aliphatic heterocycles. The van der Waals surface area contributed by atoms with E-state index in [1.807, 2.05) is 12.1 Å². The molecule has 0 unspecified atom stereocenters. The van der Waals surface area contributed by atoms with Gasteiger partial charge in [-0.1, -0.05) is 35.3 Å². The van der Waals surface area contributed by atoms with E-state index in [0.29, 0.717) is 10.0 Å². The minimum absolute atomic E-state index is 0.609. The molecule has 1 aromatic heterocycles. The van der Waals surface area contributed by atoms with Crippen LogP contribution in [0.1, 0.15) is 16.7 Å². The van der Waals surface area contributed by atoms with E-state index in [1.165, 1.54) is 11.1 Å². The molecule has 0 atom stereocenters. The molecule has 1 N–H and O–H groups in total. The van der Waals surface area contributed by atoms with Crippen molar-refractivity contribution in [3.63, 3.8) is 0 Å². The number of hydrogen-bond donors (Lipinski definition) is 1. The van der Waals surface area contributed by atoms with Crippen molar-refractivity contribution in [2.45, 2.75) is 20.0 Å². The lowest BCUT2D eigenvalue weighted by Crippen LogP contribution is -2.13. The van der Waals surface area contributed by atoms with E-state index in [0.717, 1.165) is 18.7 Å². The number of rotatable bonds is 4. The molecule has 0 spiro atoms. The van der Waals surface area contributed by atoms with Gasteiger partial charge in [-0.05, 0) is 40.4 Å². The molecular weight excluding hydrogens is 273 g/mol. The highest BCUT2D eigenvalue weighted by Crippen LogP contribution is 2.25. The zero-order valence-electron chi connectivity index (χ0n) is 9.47. The standard InChI is InChI=1S/C13H13Cl2NS/c1-9-7-17-8-11(9)6-16-5-10-3-2-4-12(14)13(10)15/h2-4,7-8,16H,5-6H2,1H3. The van der Waals surface area contributed by atoms with Crippen LogP contribution in [0.4, 0.5) is 0 Å². The van der Waals surface area contributed by atoms with Gasteiger partial charge in [-0.3, -0.25) is 0 Å². The molecule has 0 saturated carbocycles. The summed E-state index contributed by atoms with van der Waals surface area (Å²) >= 11 is 13.8. The summed E-state index contributed by atoms with van der Waals surface area (Å²) in [5.74, 6) is 0. The quantitative estimate of drug-likeness (QED) is 0.862. The highest BCUT2D eigenvalue weighted by Gasteiger charge is 2.04. The van der Waals surface area contributed by atoms with Crippen molar-refractivity contribution in [3.8, 4) is 0 Å². The van der Waals surface area contributed by atoms with Gasteiger partial charge >= 0.3 is 0 Å². The molecule has 4 heteroatoms. The molecule has 0 bridgehead atoms. The predicted octanol–water partition coefficient (Wildman–Crippen LogP) is 4.65. The van der Waals surface area contributed by atoms with Crippen molar-refractivity contribution in [3.05, 3.63) is 55.7 Å². The summed E-state index contributed by atoms with van der Waals surface area (Å²) in [6.45, 7) is 3.72. The van der Waals surface area contributed by atoms with E-state index in [1.54, 1.807) is 17.4 Å². The maximum atomic E-state index is 6.12. The van der Waals surface area contributed by atoms with E-state index in [2.05, 4.69) is 23.0 Å². The third-order valence-electron chi connectivity index (χ3n) is 2.62. The first-order valence-electron chi connectivity index (χ1n) is 5.33. The Hall–Kier alpha value is -0.540. The van der Waals surface area contributed by atoms with Gasteiger partial charge < -0.3 is 5.32 Å². The fraction of sp³-hybridized carbons (Fsp3) is 0.231. The summed E-state index contributed by atoms with van der Waals surface area (Å²) in [5.41, 5.74) is 3.71. The Morgan fingerprint density at radius 3 is 2.59 bits per heavy atom. The monoisotopic (exact) mass is 285 g/mol. The SMILES string of the molecule is Cc1cscc1CNCc1cccc(Cl)c1Cl. The minimum atomic E-state index is 0.609. The number of benzene rings is 1. The highest BCUT2D eigenvalue weighted by atomic mass is 35.5. The fourth-order valence-corrected chi connectivity index (χ4v) is 2.83. The van der Waals surface area contributed by atoms with Crippen LogP contribution in [0.2, 0.25) is 10.0 Å². The van der Waals surface area contributed by atoms with Crippen LogP contribution in [0.5, 0.6) is 0 Å². The summed E-state index contributed by atoms with van der Waals surface area (Å²) in [5, 5.41) is 8.95. The van der Waals surface area contributed by atoms with Gasteiger partial charge in [0.1, 0.15) is 0 Å². The van der Waals surface area contributed by atoms with Crippen molar-refractivity contribution in [1.82, 2.24) is 5.32 Å². The van der Waals surface area contributed by atoms with Gasteiger partial charge in [-0.2, -0.15) is 11.3 Å². The normalized spacial score (nSPS) is 10.8. The third kappa shape index (κ3) is 3.23. The van der Waals surface area contributed by atoms with E-state index >= 15 is 0 Å². The largest absolute Gasteiger partial charge is 0.309 e. The van der Waals surface area contributed by atoms with Crippen LogP contribution in [-0.4, -0.2) is 0 Å². The van der Waals surface area contributed by atoms with Crippen LogP contribution in [0.25, 0.3) is 0 Å². The second kappa shape index (κ2) is 5.87. The summed E-state index contributed by atoms with van der Waals surface area (Å²) in [6, 6.07) is 5.71. The molecule has 0 aliphatic carbocycles. The molecular formula is C13H13Cl2NS. The topological polar surface area (TPSA) is 12.0 Å². The van der Waals surface area contributed by atoms with E-state index in [-0.39, 0.29) is 0 Å². The maximum Gasteiger partial charge on any atom is 0.0637 e. The molecule has 17 heavy (non-hydrogen) atoms. The smallest absolute Gasteiger partial charge is 0.0637 e. The molecule has 1 aromatic carbocycles. The van der Waals surface area contributed by atoms with Crippen LogP contribution >= 0.6 is 34.5 Å². The molecule has 1 heterocycles. The Morgan fingerprint density at radius 1 is 1.12 bits per heavy atom. The zero-order valence-corrected chi connectivity index (χ0v) is 11.8. The molecule has 0 aliphatic rings. The first kappa shape index (κ1) is 12.9. The number of aryl methyl sites for hydroxylation is 1. The summed E-state index contributed by atoms with van der Waals surface area (Å²) in [7, 11) is 0. The van der Waals surface area contributed by atoms with E-state index < -0.39 is 0 Å². The summed E-state index contributed by atoms with van der Waals surface area (Å²) < 4.78 is 0. The number of hydrogen-bond acceptors (Lipinski definition) is 2. The zero-order chi connectivity index (χ0) is 12.3. The van der Waals surface area contributed by atoms with Crippen LogP contribution in [0, 0.1) is 6.92 Å². The second-order valence-electron chi connectivity index (χ2n) is 3.90. The number of halogens is 2. The average molecular weight is 286 g/mol. The van der Waals surface area contributed by atoms with Crippen molar-refractivity contribution in [1.29, 1.82) is 0 Å². The lowest BCUT2D eigenvalue weighted by molar-refractivity contribution is 0.692. The van der Waals surface area contributed by atoms with E-state index in [9.17, 15) is 0 Å². The Morgan fingerprint density at radius 2 is 1.88 bits per heavy atom. The first-order valence-corrected chi connectivity index (χ1v) is 7.03. The van der Waals surface area contributed by atoms with Crippen LogP contribution < -0.4 is 5.32 Å². The van der Waals surface area contributed by atoms with Crippen LogP contribution in [0.3, 0.4) is 0 Å². The maximum absolute atomic E-state index is 6.12. The molecule has 0 radical (unpaired) electrons. The summed E-state index contributed by atoms with van der Waals surface area (Å²) in [4.78, 5) is 0. The Kier molecular flexibility index (Phi) is 4.46. The molecule has 0 amide bonds. The second-order valence-corrected chi connectivity index (χ2v) is 5.43. The van der Waals surface area contributed by atoms with Gasteiger partial charge in [0.25, 0.3) is 0 Å². The van der Waals surface area contributed by atoms with Gasteiger partial charge in [0, 0.05) is 13.1 Å².